The fraction of sp³-hybridized carbons (Fsp3) is 0.353. The van der Waals surface area contributed by atoms with Crippen LogP contribution in [0.2, 0.25) is 0 Å². The highest BCUT2D eigenvalue weighted by Gasteiger charge is 2.21. The van der Waals surface area contributed by atoms with Gasteiger partial charge in [-0.2, -0.15) is 0 Å². The van der Waals surface area contributed by atoms with Gasteiger partial charge in [-0.25, -0.2) is 4.98 Å². The van der Waals surface area contributed by atoms with Crippen LogP contribution in [0, 0.1) is 12.8 Å². The number of furan rings is 1. The molecule has 1 unspecified atom stereocenters. The molecule has 0 spiro atoms. The van der Waals surface area contributed by atoms with Crippen molar-refractivity contribution in [3.05, 3.63) is 41.8 Å². The third kappa shape index (κ3) is 3.77. The molecule has 6 heteroatoms. The highest BCUT2D eigenvalue weighted by Crippen LogP contribution is 2.20. The van der Waals surface area contributed by atoms with E-state index in [2.05, 4.69) is 9.72 Å². The first-order valence-corrected chi connectivity index (χ1v) is 7.29. The molecule has 2 aromatic rings. The molecule has 2 rings (SSSR count). The predicted molar refractivity (Wildman–Crippen MR) is 84.8 cm³/mol. The minimum absolute atomic E-state index is 0.184. The second-order valence-corrected chi connectivity index (χ2v) is 5.42. The number of aryl methyl sites for hydroxylation is 1. The maximum atomic E-state index is 12.5. The van der Waals surface area contributed by atoms with Crippen molar-refractivity contribution >= 4 is 11.9 Å². The average Bonchev–Trinajstić information content (AvgIpc) is 3.07. The van der Waals surface area contributed by atoms with E-state index in [1.54, 1.807) is 45.4 Å². The summed E-state index contributed by atoms with van der Waals surface area (Å²) in [5.74, 6) is -0.256. The largest absolute Gasteiger partial charge is 0.469 e. The van der Waals surface area contributed by atoms with E-state index in [0.717, 1.165) is 0 Å². The maximum absolute atomic E-state index is 12.5. The number of amides is 1. The SMILES string of the molecule is COC(=O)C(C)CN(C)C(=O)c1ccc(-c2ccco2)nc1C. The summed E-state index contributed by atoms with van der Waals surface area (Å²) >= 11 is 0. The second-order valence-electron chi connectivity index (χ2n) is 5.42. The molecule has 0 N–H and O–H groups in total. The fourth-order valence-corrected chi connectivity index (χ4v) is 2.32. The summed E-state index contributed by atoms with van der Waals surface area (Å²) in [7, 11) is 2.99. The monoisotopic (exact) mass is 316 g/mol. The Balaban J connectivity index is 2.14. The van der Waals surface area contributed by atoms with E-state index in [-0.39, 0.29) is 24.3 Å². The van der Waals surface area contributed by atoms with Crippen LogP contribution in [0.15, 0.2) is 34.9 Å². The summed E-state index contributed by atoms with van der Waals surface area (Å²) in [6, 6.07) is 7.07. The quantitative estimate of drug-likeness (QED) is 0.793. The Morgan fingerprint density at radius 2 is 2.09 bits per heavy atom. The lowest BCUT2D eigenvalue weighted by Gasteiger charge is -2.21. The van der Waals surface area contributed by atoms with Gasteiger partial charge in [-0.05, 0) is 31.2 Å². The number of aromatic nitrogens is 1. The van der Waals surface area contributed by atoms with Crippen LogP contribution in [0.1, 0.15) is 23.0 Å². The Morgan fingerprint density at radius 1 is 1.35 bits per heavy atom. The van der Waals surface area contributed by atoms with Crippen LogP contribution < -0.4 is 0 Å². The molecule has 0 fully saturated rings. The van der Waals surface area contributed by atoms with Gasteiger partial charge in [-0.15, -0.1) is 0 Å². The van der Waals surface area contributed by atoms with Crippen LogP contribution in [0.3, 0.4) is 0 Å². The van der Waals surface area contributed by atoms with Gasteiger partial charge in [0.15, 0.2) is 5.76 Å². The summed E-state index contributed by atoms with van der Waals surface area (Å²) in [5, 5.41) is 0. The molecule has 2 heterocycles. The molecule has 23 heavy (non-hydrogen) atoms. The van der Waals surface area contributed by atoms with Crippen LogP contribution in [-0.4, -0.2) is 42.5 Å². The minimum Gasteiger partial charge on any atom is -0.469 e. The van der Waals surface area contributed by atoms with Crippen molar-refractivity contribution in [3.63, 3.8) is 0 Å². The molecule has 0 radical (unpaired) electrons. The van der Waals surface area contributed by atoms with Crippen LogP contribution in [0.25, 0.3) is 11.5 Å². The number of carbonyl (C=O) groups is 2. The topological polar surface area (TPSA) is 72.6 Å². The van der Waals surface area contributed by atoms with Gasteiger partial charge >= 0.3 is 5.97 Å². The molecule has 0 bridgehead atoms. The average molecular weight is 316 g/mol. The first kappa shape index (κ1) is 16.7. The van der Waals surface area contributed by atoms with E-state index in [1.807, 2.05) is 6.07 Å². The lowest BCUT2D eigenvalue weighted by molar-refractivity contribution is -0.145. The van der Waals surface area contributed by atoms with Gasteiger partial charge in [0, 0.05) is 13.6 Å². The number of hydrogen-bond donors (Lipinski definition) is 0. The van der Waals surface area contributed by atoms with Crippen LogP contribution >= 0.6 is 0 Å². The number of rotatable bonds is 5. The van der Waals surface area contributed by atoms with Gasteiger partial charge in [-0.1, -0.05) is 6.92 Å². The molecule has 6 nitrogen and oxygen atoms in total. The number of hydrogen-bond acceptors (Lipinski definition) is 5. The summed E-state index contributed by atoms with van der Waals surface area (Å²) in [4.78, 5) is 29.9. The summed E-state index contributed by atoms with van der Waals surface area (Å²) in [6.45, 7) is 3.78. The number of methoxy groups -OCH3 is 1. The molecule has 0 saturated carbocycles. The number of pyridine rings is 1. The molecule has 0 saturated heterocycles. The zero-order chi connectivity index (χ0) is 17.0. The zero-order valence-corrected chi connectivity index (χ0v) is 13.7. The summed E-state index contributed by atoms with van der Waals surface area (Å²) < 4.78 is 9.98. The Morgan fingerprint density at radius 3 is 2.65 bits per heavy atom. The van der Waals surface area contributed by atoms with Gasteiger partial charge in [0.25, 0.3) is 5.91 Å². The van der Waals surface area contributed by atoms with E-state index in [9.17, 15) is 9.59 Å². The molecule has 0 aliphatic rings. The summed E-state index contributed by atoms with van der Waals surface area (Å²) in [6.07, 6.45) is 1.58. The molecule has 0 aliphatic heterocycles. The van der Waals surface area contributed by atoms with E-state index >= 15 is 0 Å². The van der Waals surface area contributed by atoms with Crippen molar-refractivity contribution < 1.29 is 18.7 Å². The molecule has 122 valence electrons. The normalized spacial score (nSPS) is 11.8. The smallest absolute Gasteiger partial charge is 0.310 e. The summed E-state index contributed by atoms with van der Waals surface area (Å²) in [5.41, 5.74) is 1.79. The van der Waals surface area contributed by atoms with Crippen LogP contribution in [-0.2, 0) is 9.53 Å². The van der Waals surface area contributed by atoms with Gasteiger partial charge in [0.2, 0.25) is 0 Å². The van der Waals surface area contributed by atoms with Crippen molar-refractivity contribution in [2.24, 2.45) is 5.92 Å². The molecule has 2 aromatic heterocycles. The third-order valence-corrected chi connectivity index (χ3v) is 3.59. The lowest BCUT2D eigenvalue weighted by Crippen LogP contribution is -2.34. The molecule has 0 aliphatic carbocycles. The zero-order valence-electron chi connectivity index (χ0n) is 13.7. The lowest BCUT2D eigenvalue weighted by atomic mass is 10.1. The van der Waals surface area contributed by atoms with Gasteiger partial charge in [0.1, 0.15) is 5.69 Å². The molecular weight excluding hydrogens is 296 g/mol. The number of ether oxygens (including phenoxy) is 1. The highest BCUT2D eigenvalue weighted by molar-refractivity contribution is 5.95. The molecule has 1 atom stereocenters. The Labute approximate surface area is 135 Å². The Hall–Kier alpha value is -2.63. The van der Waals surface area contributed by atoms with E-state index in [1.165, 1.54) is 12.0 Å². The maximum Gasteiger partial charge on any atom is 0.310 e. The number of esters is 1. The van der Waals surface area contributed by atoms with Crippen molar-refractivity contribution in [1.29, 1.82) is 0 Å². The first-order chi connectivity index (χ1) is 10.9. The van der Waals surface area contributed by atoms with E-state index in [0.29, 0.717) is 22.7 Å². The third-order valence-electron chi connectivity index (χ3n) is 3.59. The van der Waals surface area contributed by atoms with Gasteiger partial charge < -0.3 is 14.1 Å². The predicted octanol–water partition coefficient (Wildman–Crippen LogP) is 2.53. The second kappa shape index (κ2) is 7.09. The Bertz CT molecular complexity index is 695. The van der Waals surface area contributed by atoms with Crippen molar-refractivity contribution in [1.82, 2.24) is 9.88 Å². The van der Waals surface area contributed by atoms with Gasteiger partial charge in [-0.3, -0.25) is 9.59 Å². The van der Waals surface area contributed by atoms with Crippen molar-refractivity contribution in [2.75, 3.05) is 20.7 Å². The van der Waals surface area contributed by atoms with Crippen molar-refractivity contribution in [2.45, 2.75) is 13.8 Å². The first-order valence-electron chi connectivity index (χ1n) is 7.29. The van der Waals surface area contributed by atoms with Crippen molar-refractivity contribution in [3.8, 4) is 11.5 Å². The van der Waals surface area contributed by atoms with Gasteiger partial charge in [0.05, 0.1) is 30.5 Å². The molecular formula is C17H20N2O4. The standard InChI is InChI=1S/C17H20N2O4/c1-11(17(21)22-4)10-19(3)16(20)13-7-8-14(18-12(13)2)15-6-5-9-23-15/h5-9,11H,10H2,1-4H3. The Kier molecular flexibility index (Phi) is 5.16. The van der Waals surface area contributed by atoms with E-state index < -0.39 is 0 Å². The van der Waals surface area contributed by atoms with Crippen LogP contribution in [0.4, 0.5) is 0 Å². The van der Waals surface area contributed by atoms with E-state index in [4.69, 9.17) is 4.42 Å². The molecule has 1 amide bonds. The number of carbonyl (C=O) groups excluding carboxylic acids is 2. The number of nitrogens with zero attached hydrogens (tertiary/aromatic N) is 2. The molecule has 0 aromatic carbocycles. The highest BCUT2D eigenvalue weighted by atomic mass is 16.5. The van der Waals surface area contributed by atoms with Crippen LogP contribution in [0.5, 0.6) is 0 Å². The fourth-order valence-electron chi connectivity index (χ4n) is 2.32. The minimum atomic E-state index is -0.385.